The number of rotatable bonds is 0. The van der Waals surface area contributed by atoms with Crippen LogP contribution in [0.3, 0.4) is 0 Å². The molecule has 4 N–H and O–H groups in total. The molecule has 2 heteroatoms. The molecule has 2 aliphatic carbocycles. The van der Waals surface area contributed by atoms with Crippen LogP contribution in [0.1, 0.15) is 38.5 Å². The first-order chi connectivity index (χ1) is 5.26. The van der Waals surface area contributed by atoms with Crippen molar-refractivity contribution in [3.8, 4) is 0 Å². The minimum Gasteiger partial charge on any atom is -0.327 e. The SMILES string of the molecule is NC1CCC[C@@]12CCC[C@H]2N. The highest BCUT2D eigenvalue weighted by molar-refractivity contribution is 5.04. The lowest BCUT2D eigenvalue weighted by molar-refractivity contribution is 0.235. The summed E-state index contributed by atoms with van der Waals surface area (Å²) in [4.78, 5) is 0. The molecule has 2 saturated carbocycles. The first-order valence-corrected chi connectivity index (χ1v) is 4.77. The van der Waals surface area contributed by atoms with Crippen LogP contribution in [0.4, 0.5) is 0 Å². The van der Waals surface area contributed by atoms with Gasteiger partial charge in [0.1, 0.15) is 0 Å². The Labute approximate surface area is 68.3 Å². The van der Waals surface area contributed by atoms with E-state index < -0.39 is 0 Å². The summed E-state index contributed by atoms with van der Waals surface area (Å²) >= 11 is 0. The van der Waals surface area contributed by atoms with Crippen molar-refractivity contribution in [1.29, 1.82) is 0 Å². The van der Waals surface area contributed by atoms with Crippen LogP contribution in [-0.4, -0.2) is 12.1 Å². The Morgan fingerprint density at radius 1 is 0.909 bits per heavy atom. The van der Waals surface area contributed by atoms with Crippen LogP contribution in [0.5, 0.6) is 0 Å². The van der Waals surface area contributed by atoms with Crippen molar-refractivity contribution >= 4 is 0 Å². The van der Waals surface area contributed by atoms with Crippen molar-refractivity contribution in [3.05, 3.63) is 0 Å². The Kier molecular flexibility index (Phi) is 1.69. The van der Waals surface area contributed by atoms with Crippen LogP contribution in [0.2, 0.25) is 0 Å². The molecule has 0 aromatic heterocycles. The summed E-state index contributed by atoms with van der Waals surface area (Å²) in [7, 11) is 0. The monoisotopic (exact) mass is 154 g/mol. The molecular weight excluding hydrogens is 136 g/mol. The maximum absolute atomic E-state index is 6.09. The van der Waals surface area contributed by atoms with E-state index in [4.69, 9.17) is 11.5 Å². The van der Waals surface area contributed by atoms with Crippen molar-refractivity contribution in [2.24, 2.45) is 16.9 Å². The lowest BCUT2D eigenvalue weighted by atomic mass is 9.78. The van der Waals surface area contributed by atoms with Crippen LogP contribution in [0.15, 0.2) is 0 Å². The summed E-state index contributed by atoms with van der Waals surface area (Å²) in [6.45, 7) is 0. The van der Waals surface area contributed by atoms with Gasteiger partial charge < -0.3 is 11.5 Å². The summed E-state index contributed by atoms with van der Waals surface area (Å²) in [5, 5.41) is 0. The molecule has 2 rings (SSSR count). The Hall–Kier alpha value is -0.0800. The van der Waals surface area contributed by atoms with Gasteiger partial charge >= 0.3 is 0 Å². The zero-order valence-electron chi connectivity index (χ0n) is 7.05. The van der Waals surface area contributed by atoms with Crippen molar-refractivity contribution in [1.82, 2.24) is 0 Å². The van der Waals surface area contributed by atoms with Crippen molar-refractivity contribution < 1.29 is 0 Å². The van der Waals surface area contributed by atoms with E-state index >= 15 is 0 Å². The van der Waals surface area contributed by atoms with E-state index in [0.717, 1.165) is 0 Å². The minimum absolute atomic E-state index is 0.361. The first kappa shape index (κ1) is 7.56. The van der Waals surface area contributed by atoms with E-state index in [0.29, 0.717) is 17.5 Å². The highest BCUT2D eigenvalue weighted by Crippen LogP contribution is 2.48. The third kappa shape index (κ3) is 0.926. The van der Waals surface area contributed by atoms with Crippen LogP contribution in [-0.2, 0) is 0 Å². The van der Waals surface area contributed by atoms with Gasteiger partial charge in [0.25, 0.3) is 0 Å². The first-order valence-electron chi connectivity index (χ1n) is 4.77. The van der Waals surface area contributed by atoms with Gasteiger partial charge in [-0.3, -0.25) is 0 Å². The van der Waals surface area contributed by atoms with Crippen molar-refractivity contribution in [2.75, 3.05) is 0 Å². The van der Waals surface area contributed by atoms with Gasteiger partial charge in [-0.05, 0) is 25.7 Å². The molecule has 3 atom stereocenters. The van der Waals surface area contributed by atoms with Gasteiger partial charge in [-0.1, -0.05) is 12.8 Å². The molecule has 1 unspecified atom stereocenters. The highest BCUT2D eigenvalue weighted by Gasteiger charge is 2.47. The van der Waals surface area contributed by atoms with Gasteiger partial charge in [0.15, 0.2) is 0 Å². The molecule has 2 fully saturated rings. The molecule has 0 heterocycles. The fourth-order valence-corrected chi connectivity index (χ4v) is 3.02. The van der Waals surface area contributed by atoms with E-state index in [1.54, 1.807) is 0 Å². The van der Waals surface area contributed by atoms with E-state index in [1.807, 2.05) is 0 Å². The maximum Gasteiger partial charge on any atom is 0.0110 e. The average Bonchev–Trinajstić information content (AvgIpc) is 2.48. The summed E-state index contributed by atoms with van der Waals surface area (Å²) < 4.78 is 0. The topological polar surface area (TPSA) is 52.0 Å². The number of hydrogen-bond donors (Lipinski definition) is 2. The van der Waals surface area contributed by atoms with Gasteiger partial charge in [0.2, 0.25) is 0 Å². The van der Waals surface area contributed by atoms with Gasteiger partial charge in [-0.2, -0.15) is 0 Å². The second kappa shape index (κ2) is 2.46. The predicted octanol–water partition coefficient (Wildman–Crippen LogP) is 0.995. The molecule has 2 nitrogen and oxygen atoms in total. The van der Waals surface area contributed by atoms with Crippen LogP contribution >= 0.6 is 0 Å². The molecule has 2 aliphatic rings. The second-order valence-corrected chi connectivity index (χ2v) is 4.23. The van der Waals surface area contributed by atoms with E-state index in [2.05, 4.69) is 0 Å². The third-order valence-electron chi connectivity index (χ3n) is 3.79. The maximum atomic E-state index is 6.09. The zero-order valence-corrected chi connectivity index (χ0v) is 7.05. The molecule has 0 bridgehead atoms. The summed E-state index contributed by atoms with van der Waals surface area (Å²) in [5.41, 5.74) is 12.5. The Balaban J connectivity index is 2.19. The van der Waals surface area contributed by atoms with E-state index in [1.165, 1.54) is 38.5 Å². The zero-order chi connectivity index (χ0) is 7.90. The number of nitrogens with two attached hydrogens (primary N) is 2. The summed E-state index contributed by atoms with van der Waals surface area (Å²) in [6.07, 6.45) is 7.58. The fourth-order valence-electron chi connectivity index (χ4n) is 3.02. The Morgan fingerprint density at radius 2 is 1.36 bits per heavy atom. The molecular formula is C9H18N2. The van der Waals surface area contributed by atoms with Crippen LogP contribution in [0.25, 0.3) is 0 Å². The van der Waals surface area contributed by atoms with Crippen LogP contribution in [0, 0.1) is 5.41 Å². The van der Waals surface area contributed by atoms with Gasteiger partial charge in [0, 0.05) is 17.5 Å². The third-order valence-corrected chi connectivity index (χ3v) is 3.79. The average molecular weight is 154 g/mol. The largest absolute Gasteiger partial charge is 0.327 e. The molecule has 0 aromatic carbocycles. The molecule has 0 saturated heterocycles. The molecule has 0 aromatic rings. The molecule has 11 heavy (non-hydrogen) atoms. The second-order valence-electron chi connectivity index (χ2n) is 4.23. The smallest absolute Gasteiger partial charge is 0.0110 e. The molecule has 0 radical (unpaired) electrons. The Bertz CT molecular complexity index is 138. The normalized spacial score (nSPS) is 50.7. The molecule has 1 spiro atoms. The number of hydrogen-bond acceptors (Lipinski definition) is 2. The summed E-state index contributed by atoms with van der Waals surface area (Å²) in [6, 6.07) is 0.806. The highest BCUT2D eigenvalue weighted by atomic mass is 14.8. The summed E-state index contributed by atoms with van der Waals surface area (Å²) in [5.74, 6) is 0. The fraction of sp³-hybridized carbons (Fsp3) is 1.00. The molecule has 64 valence electrons. The van der Waals surface area contributed by atoms with Gasteiger partial charge in [-0.25, -0.2) is 0 Å². The van der Waals surface area contributed by atoms with E-state index in [-0.39, 0.29) is 0 Å². The molecule has 0 amide bonds. The quantitative estimate of drug-likeness (QED) is 0.547. The van der Waals surface area contributed by atoms with Gasteiger partial charge in [0.05, 0.1) is 0 Å². The van der Waals surface area contributed by atoms with E-state index in [9.17, 15) is 0 Å². The Morgan fingerprint density at radius 3 is 1.64 bits per heavy atom. The van der Waals surface area contributed by atoms with Crippen LogP contribution < -0.4 is 11.5 Å². The standard InChI is InChI=1S/C9H18N2/c10-7-3-1-5-9(7)6-2-4-8(9)11/h7-8H,1-6,10-11H2/t7-,8?,9-/m1/s1. The minimum atomic E-state index is 0.361. The van der Waals surface area contributed by atoms with Crippen molar-refractivity contribution in [3.63, 3.8) is 0 Å². The molecule has 0 aliphatic heterocycles. The lowest BCUT2D eigenvalue weighted by Gasteiger charge is -2.33. The lowest BCUT2D eigenvalue weighted by Crippen LogP contribution is -2.46. The predicted molar refractivity (Wildman–Crippen MR) is 46.1 cm³/mol. The van der Waals surface area contributed by atoms with Crippen molar-refractivity contribution in [2.45, 2.75) is 50.6 Å². The van der Waals surface area contributed by atoms with Gasteiger partial charge in [-0.15, -0.1) is 0 Å².